The van der Waals surface area contributed by atoms with Gasteiger partial charge in [-0.2, -0.15) is 0 Å². The molecule has 0 fully saturated rings. The number of rotatable bonds is 7. The van der Waals surface area contributed by atoms with Crippen molar-refractivity contribution in [3.05, 3.63) is 71.1 Å². The third kappa shape index (κ3) is 3.94. The molecule has 30 heavy (non-hydrogen) atoms. The van der Waals surface area contributed by atoms with Crippen LogP contribution in [0.3, 0.4) is 0 Å². The maximum absolute atomic E-state index is 11.0. The Morgan fingerprint density at radius 3 is 2.73 bits per heavy atom. The van der Waals surface area contributed by atoms with Crippen LogP contribution in [0.25, 0.3) is 17.0 Å². The maximum atomic E-state index is 11.0. The number of aromatic nitrogens is 1. The van der Waals surface area contributed by atoms with Crippen molar-refractivity contribution in [2.24, 2.45) is 0 Å². The average molecular weight is 405 g/mol. The Kier molecular flexibility index (Phi) is 5.57. The molecule has 4 rings (SSSR count). The zero-order valence-corrected chi connectivity index (χ0v) is 17.0. The van der Waals surface area contributed by atoms with Crippen molar-refractivity contribution < 1.29 is 23.8 Å². The van der Waals surface area contributed by atoms with Crippen LogP contribution in [0.5, 0.6) is 11.5 Å². The molecule has 1 aliphatic carbocycles. The fourth-order valence-electron chi connectivity index (χ4n) is 3.81. The summed E-state index contributed by atoms with van der Waals surface area (Å²) in [6.45, 7) is 2.33. The van der Waals surface area contributed by atoms with Crippen LogP contribution in [-0.2, 0) is 17.6 Å². The third-order valence-electron chi connectivity index (χ3n) is 5.23. The lowest BCUT2D eigenvalue weighted by Gasteiger charge is -2.14. The molecular formula is C24H23NO5. The van der Waals surface area contributed by atoms with Crippen LogP contribution < -0.4 is 9.47 Å². The molecule has 6 heteroatoms. The molecular weight excluding hydrogens is 382 g/mol. The monoisotopic (exact) mass is 405 g/mol. The maximum Gasteiger partial charge on any atom is 0.328 e. The highest BCUT2D eigenvalue weighted by Crippen LogP contribution is 2.43. The molecule has 1 heterocycles. The normalized spacial score (nSPS) is 14.0. The first-order valence-electron chi connectivity index (χ1n) is 9.85. The van der Waals surface area contributed by atoms with E-state index in [1.165, 1.54) is 6.08 Å². The first-order valence-corrected chi connectivity index (χ1v) is 9.85. The number of carbonyl (C=O) groups is 1. The van der Waals surface area contributed by atoms with Crippen molar-refractivity contribution in [2.45, 2.75) is 26.2 Å². The number of carboxylic acid groups (broad SMARTS) is 1. The standard InChI is InChI=1S/C24H23NO5/c1-15-20(25-24(30-15)16-6-4-3-5-7-16)12-13-29-21-11-10-18-17(14-22(26)27)8-9-19(18)23(21)28-2/h3-7,10-11,14H,8-9,12-13H2,1-2H3,(H,26,27)/b17-14+. The van der Waals surface area contributed by atoms with Gasteiger partial charge in [0, 0.05) is 23.6 Å². The number of allylic oxidation sites excluding steroid dienone is 1. The lowest BCUT2D eigenvalue weighted by atomic mass is 10.1. The minimum atomic E-state index is -0.935. The smallest absolute Gasteiger partial charge is 0.328 e. The zero-order valence-electron chi connectivity index (χ0n) is 17.0. The van der Waals surface area contributed by atoms with Crippen LogP contribution in [0, 0.1) is 6.92 Å². The molecule has 0 atom stereocenters. The number of nitrogens with zero attached hydrogens (tertiary/aromatic N) is 1. The van der Waals surface area contributed by atoms with Crippen molar-refractivity contribution in [2.75, 3.05) is 13.7 Å². The van der Waals surface area contributed by atoms with Crippen molar-refractivity contribution in [1.82, 2.24) is 4.98 Å². The Morgan fingerprint density at radius 1 is 1.20 bits per heavy atom. The van der Waals surface area contributed by atoms with Gasteiger partial charge in [-0.05, 0) is 49.1 Å². The van der Waals surface area contributed by atoms with Crippen molar-refractivity contribution in [3.8, 4) is 23.0 Å². The van der Waals surface area contributed by atoms with E-state index >= 15 is 0 Å². The quantitative estimate of drug-likeness (QED) is 0.574. The second-order valence-corrected chi connectivity index (χ2v) is 7.12. The first kappa shape index (κ1) is 19.8. The molecule has 0 aliphatic heterocycles. The van der Waals surface area contributed by atoms with Gasteiger partial charge in [-0.1, -0.05) is 24.3 Å². The Morgan fingerprint density at radius 2 is 2.00 bits per heavy atom. The SMILES string of the molecule is COc1c(OCCc2nc(-c3ccccc3)oc2C)ccc2c1CC/C2=C\C(=O)O. The Bertz CT molecular complexity index is 1100. The van der Waals surface area contributed by atoms with E-state index in [1.54, 1.807) is 7.11 Å². The second kappa shape index (κ2) is 8.45. The predicted molar refractivity (Wildman–Crippen MR) is 113 cm³/mol. The van der Waals surface area contributed by atoms with E-state index in [0.29, 0.717) is 36.8 Å². The largest absolute Gasteiger partial charge is 0.493 e. The molecule has 6 nitrogen and oxygen atoms in total. The van der Waals surface area contributed by atoms with E-state index < -0.39 is 5.97 Å². The van der Waals surface area contributed by atoms with E-state index in [2.05, 4.69) is 4.98 Å². The number of hydrogen-bond acceptors (Lipinski definition) is 5. The predicted octanol–water partition coefficient (Wildman–Crippen LogP) is 4.69. The van der Waals surface area contributed by atoms with Crippen LogP contribution in [0.15, 0.2) is 53.0 Å². The second-order valence-electron chi connectivity index (χ2n) is 7.12. The van der Waals surface area contributed by atoms with Gasteiger partial charge in [-0.15, -0.1) is 0 Å². The molecule has 3 aromatic rings. The number of methoxy groups -OCH3 is 1. The van der Waals surface area contributed by atoms with Gasteiger partial charge in [-0.25, -0.2) is 9.78 Å². The van der Waals surface area contributed by atoms with Gasteiger partial charge in [0.1, 0.15) is 5.76 Å². The van der Waals surface area contributed by atoms with Gasteiger partial charge in [0.15, 0.2) is 11.5 Å². The summed E-state index contributed by atoms with van der Waals surface area (Å²) in [6, 6.07) is 13.5. The Hall–Kier alpha value is -3.54. The van der Waals surface area contributed by atoms with Gasteiger partial charge in [0.2, 0.25) is 5.89 Å². The van der Waals surface area contributed by atoms with E-state index in [-0.39, 0.29) is 0 Å². The molecule has 0 unspecified atom stereocenters. The Labute approximate surface area is 174 Å². The average Bonchev–Trinajstić information content (AvgIpc) is 3.31. The summed E-state index contributed by atoms with van der Waals surface area (Å²) in [4.78, 5) is 15.6. The number of oxazole rings is 1. The van der Waals surface area contributed by atoms with E-state index in [4.69, 9.17) is 19.0 Å². The number of aliphatic carboxylic acids is 1. The molecule has 0 saturated heterocycles. The highest BCUT2D eigenvalue weighted by Gasteiger charge is 2.24. The fraction of sp³-hybridized carbons (Fsp3) is 0.250. The van der Waals surface area contributed by atoms with Crippen LogP contribution >= 0.6 is 0 Å². The minimum absolute atomic E-state index is 0.425. The summed E-state index contributed by atoms with van der Waals surface area (Å²) < 4.78 is 17.4. The van der Waals surface area contributed by atoms with Gasteiger partial charge in [0.05, 0.1) is 19.4 Å². The summed E-state index contributed by atoms with van der Waals surface area (Å²) in [5, 5.41) is 9.06. The van der Waals surface area contributed by atoms with Gasteiger partial charge in [-0.3, -0.25) is 0 Å². The van der Waals surface area contributed by atoms with Crippen LogP contribution in [0.2, 0.25) is 0 Å². The van der Waals surface area contributed by atoms with Crippen LogP contribution in [-0.4, -0.2) is 29.8 Å². The summed E-state index contributed by atoms with van der Waals surface area (Å²) in [5.74, 6) is 1.77. The minimum Gasteiger partial charge on any atom is -0.493 e. The molecule has 1 N–H and O–H groups in total. The molecule has 0 radical (unpaired) electrons. The number of aryl methyl sites for hydroxylation is 1. The molecule has 154 valence electrons. The molecule has 2 aromatic carbocycles. The number of carboxylic acids is 1. The molecule has 1 aromatic heterocycles. The third-order valence-corrected chi connectivity index (χ3v) is 5.23. The summed E-state index contributed by atoms with van der Waals surface area (Å²) in [5.41, 5.74) is 4.53. The summed E-state index contributed by atoms with van der Waals surface area (Å²) in [7, 11) is 1.61. The van der Waals surface area contributed by atoms with Gasteiger partial charge in [0.25, 0.3) is 0 Å². The van der Waals surface area contributed by atoms with E-state index in [9.17, 15) is 4.79 Å². The van der Waals surface area contributed by atoms with Crippen molar-refractivity contribution in [3.63, 3.8) is 0 Å². The highest BCUT2D eigenvalue weighted by atomic mass is 16.5. The molecule has 0 spiro atoms. The van der Waals surface area contributed by atoms with Crippen LogP contribution in [0.1, 0.15) is 29.0 Å². The summed E-state index contributed by atoms with van der Waals surface area (Å²) >= 11 is 0. The highest BCUT2D eigenvalue weighted by molar-refractivity contribution is 5.92. The lowest BCUT2D eigenvalue weighted by molar-refractivity contribution is -0.131. The topological polar surface area (TPSA) is 81.8 Å². The Balaban J connectivity index is 1.48. The van der Waals surface area contributed by atoms with Crippen LogP contribution in [0.4, 0.5) is 0 Å². The molecule has 0 amide bonds. The number of hydrogen-bond donors (Lipinski definition) is 1. The number of fused-ring (bicyclic) bond motifs is 1. The van der Waals surface area contributed by atoms with Crippen molar-refractivity contribution >= 4 is 11.5 Å². The zero-order chi connectivity index (χ0) is 21.1. The van der Waals surface area contributed by atoms with Gasteiger partial charge < -0.3 is 19.0 Å². The van der Waals surface area contributed by atoms with Crippen molar-refractivity contribution in [1.29, 1.82) is 0 Å². The van der Waals surface area contributed by atoms with Gasteiger partial charge >= 0.3 is 5.97 Å². The molecule has 1 aliphatic rings. The molecule has 0 saturated carbocycles. The fourth-order valence-corrected chi connectivity index (χ4v) is 3.81. The van der Waals surface area contributed by atoms with E-state index in [1.807, 2.05) is 49.4 Å². The molecule has 0 bridgehead atoms. The number of ether oxygens (including phenoxy) is 2. The first-order chi connectivity index (χ1) is 14.6. The van der Waals surface area contributed by atoms with E-state index in [0.717, 1.165) is 40.1 Å². The lowest BCUT2D eigenvalue weighted by Crippen LogP contribution is -2.05. The summed E-state index contributed by atoms with van der Waals surface area (Å²) in [6.07, 6.45) is 3.29. The number of benzene rings is 2.